The van der Waals surface area contributed by atoms with E-state index in [1.807, 2.05) is 31.2 Å². The summed E-state index contributed by atoms with van der Waals surface area (Å²) in [6, 6.07) is 7.42. The number of amides is 1. The van der Waals surface area contributed by atoms with Gasteiger partial charge in [-0.2, -0.15) is 0 Å². The molecule has 1 aliphatic carbocycles. The number of likely N-dealkylation sites (N-methyl/N-ethyl adjacent to an activating group) is 1. The zero-order valence-corrected chi connectivity index (χ0v) is 15.7. The Kier molecular flexibility index (Phi) is 4.80. The van der Waals surface area contributed by atoms with E-state index in [0.717, 1.165) is 37.3 Å². The van der Waals surface area contributed by atoms with Crippen LogP contribution in [0.2, 0.25) is 0 Å². The Morgan fingerprint density at radius 1 is 1.22 bits per heavy atom. The maximum atomic E-state index is 12.8. The number of anilines is 1. The van der Waals surface area contributed by atoms with E-state index in [1.165, 1.54) is 0 Å². The van der Waals surface area contributed by atoms with Crippen molar-refractivity contribution in [3.63, 3.8) is 0 Å². The highest BCUT2D eigenvalue weighted by Gasteiger charge is 2.32. The number of hydrogen-bond donors (Lipinski definition) is 2. The van der Waals surface area contributed by atoms with Crippen LogP contribution in [0, 0.1) is 6.92 Å². The Balaban J connectivity index is 1.49. The maximum Gasteiger partial charge on any atom is 0.255 e. The van der Waals surface area contributed by atoms with Crippen LogP contribution in [-0.4, -0.2) is 65.2 Å². The SMILES string of the molecule is Cc1nc(N2CCN(C)CC2)ncc1C(=O)N[C@@H]1c2ccccc2C[C@H]1O. The first-order valence-electron chi connectivity index (χ1n) is 9.37. The van der Waals surface area contributed by atoms with Crippen LogP contribution in [0.25, 0.3) is 0 Å². The molecule has 2 heterocycles. The number of piperazine rings is 1. The highest BCUT2D eigenvalue weighted by molar-refractivity contribution is 5.95. The molecule has 1 aliphatic heterocycles. The van der Waals surface area contributed by atoms with E-state index in [1.54, 1.807) is 6.20 Å². The molecule has 1 aromatic heterocycles. The van der Waals surface area contributed by atoms with Crippen LogP contribution < -0.4 is 10.2 Å². The summed E-state index contributed by atoms with van der Waals surface area (Å²) >= 11 is 0. The molecular formula is C20H25N5O2. The molecule has 2 N–H and O–H groups in total. The van der Waals surface area contributed by atoms with Crippen LogP contribution in [-0.2, 0) is 6.42 Å². The van der Waals surface area contributed by atoms with E-state index < -0.39 is 12.1 Å². The molecular weight excluding hydrogens is 342 g/mol. The first-order valence-corrected chi connectivity index (χ1v) is 9.37. The quantitative estimate of drug-likeness (QED) is 0.840. The maximum absolute atomic E-state index is 12.8. The molecule has 0 unspecified atom stereocenters. The predicted molar refractivity (Wildman–Crippen MR) is 103 cm³/mol. The lowest BCUT2D eigenvalue weighted by molar-refractivity contribution is 0.0857. The van der Waals surface area contributed by atoms with Gasteiger partial charge >= 0.3 is 0 Å². The Morgan fingerprint density at radius 2 is 1.96 bits per heavy atom. The second kappa shape index (κ2) is 7.25. The number of rotatable bonds is 3. The monoisotopic (exact) mass is 367 g/mol. The standard InChI is InChI=1S/C20H25N5O2/c1-13-16(12-21-20(22-13)25-9-7-24(2)8-10-25)19(27)23-18-15-6-4-3-5-14(15)11-17(18)26/h3-6,12,17-18,26H,7-11H2,1-2H3,(H,23,27)/t17-,18-/m1/s1. The third-order valence-corrected chi connectivity index (χ3v) is 5.49. The van der Waals surface area contributed by atoms with E-state index in [9.17, 15) is 9.90 Å². The van der Waals surface area contributed by atoms with Crippen LogP contribution >= 0.6 is 0 Å². The molecule has 1 fully saturated rings. The highest BCUT2D eigenvalue weighted by atomic mass is 16.3. The van der Waals surface area contributed by atoms with Gasteiger partial charge in [0, 0.05) is 38.8 Å². The fourth-order valence-corrected chi connectivity index (χ4v) is 3.80. The minimum absolute atomic E-state index is 0.252. The van der Waals surface area contributed by atoms with Crippen molar-refractivity contribution >= 4 is 11.9 Å². The first kappa shape index (κ1) is 17.9. The molecule has 1 aromatic carbocycles. The van der Waals surface area contributed by atoms with Gasteiger partial charge in [-0.3, -0.25) is 4.79 Å². The van der Waals surface area contributed by atoms with Crippen LogP contribution in [0.1, 0.15) is 33.2 Å². The van der Waals surface area contributed by atoms with Gasteiger partial charge in [-0.1, -0.05) is 24.3 Å². The number of carbonyl (C=O) groups is 1. The van der Waals surface area contributed by atoms with Crippen LogP contribution in [0.3, 0.4) is 0 Å². The Labute approximate surface area is 159 Å². The van der Waals surface area contributed by atoms with Crippen molar-refractivity contribution in [1.82, 2.24) is 20.2 Å². The van der Waals surface area contributed by atoms with Gasteiger partial charge in [-0.15, -0.1) is 0 Å². The minimum Gasteiger partial charge on any atom is -0.390 e. The second-order valence-electron chi connectivity index (χ2n) is 7.38. The van der Waals surface area contributed by atoms with Gasteiger partial charge in [0.1, 0.15) is 0 Å². The molecule has 0 spiro atoms. The molecule has 4 rings (SSSR count). The number of aryl methyl sites for hydroxylation is 1. The number of carbonyl (C=O) groups excluding carboxylic acids is 1. The number of aliphatic hydroxyl groups is 1. The van der Waals surface area contributed by atoms with Crippen LogP contribution in [0.4, 0.5) is 5.95 Å². The largest absolute Gasteiger partial charge is 0.390 e. The number of nitrogens with zero attached hydrogens (tertiary/aromatic N) is 4. The lowest BCUT2D eigenvalue weighted by Gasteiger charge is -2.32. The molecule has 7 heteroatoms. The summed E-state index contributed by atoms with van der Waals surface area (Å²) < 4.78 is 0. The zero-order chi connectivity index (χ0) is 19.0. The average Bonchev–Trinajstić information content (AvgIpc) is 2.97. The van der Waals surface area contributed by atoms with Crippen LogP contribution in [0.5, 0.6) is 0 Å². The zero-order valence-electron chi connectivity index (χ0n) is 15.7. The van der Waals surface area contributed by atoms with E-state index in [-0.39, 0.29) is 5.91 Å². The van der Waals surface area contributed by atoms with Crippen molar-refractivity contribution in [2.24, 2.45) is 0 Å². The third kappa shape index (κ3) is 3.52. The molecule has 27 heavy (non-hydrogen) atoms. The first-order chi connectivity index (χ1) is 13.0. The predicted octanol–water partition coefficient (Wildman–Crippen LogP) is 0.925. The van der Waals surface area contributed by atoms with Gasteiger partial charge in [-0.25, -0.2) is 9.97 Å². The summed E-state index contributed by atoms with van der Waals surface area (Å²) in [5.41, 5.74) is 3.15. The Bertz CT molecular complexity index is 848. The normalized spacial score (nSPS) is 22.6. The van der Waals surface area contributed by atoms with E-state index in [2.05, 4.69) is 32.1 Å². The number of nitrogens with one attached hydrogen (secondary N) is 1. The van der Waals surface area contributed by atoms with Crippen molar-refractivity contribution < 1.29 is 9.90 Å². The topological polar surface area (TPSA) is 81.6 Å². The minimum atomic E-state index is -0.614. The summed E-state index contributed by atoms with van der Waals surface area (Å²) in [5, 5.41) is 13.3. The number of fused-ring (bicyclic) bond motifs is 1. The van der Waals surface area contributed by atoms with Gasteiger partial charge in [0.25, 0.3) is 5.91 Å². The van der Waals surface area contributed by atoms with E-state index >= 15 is 0 Å². The third-order valence-electron chi connectivity index (χ3n) is 5.49. The van der Waals surface area contributed by atoms with Crippen molar-refractivity contribution in [2.45, 2.75) is 25.5 Å². The molecule has 0 saturated carbocycles. The van der Waals surface area contributed by atoms with Crippen molar-refractivity contribution in [3.8, 4) is 0 Å². The van der Waals surface area contributed by atoms with E-state index in [4.69, 9.17) is 0 Å². The summed E-state index contributed by atoms with van der Waals surface area (Å²) in [4.78, 5) is 26.2. The summed E-state index contributed by atoms with van der Waals surface area (Å²) in [6.45, 7) is 5.54. The molecule has 2 atom stereocenters. The smallest absolute Gasteiger partial charge is 0.255 e. The number of benzene rings is 1. The molecule has 1 amide bonds. The molecule has 142 valence electrons. The number of aliphatic hydroxyl groups excluding tert-OH is 1. The van der Waals surface area contributed by atoms with Crippen molar-refractivity contribution in [1.29, 1.82) is 0 Å². The van der Waals surface area contributed by atoms with Gasteiger partial charge in [0.15, 0.2) is 0 Å². The fraction of sp³-hybridized carbons (Fsp3) is 0.450. The summed E-state index contributed by atoms with van der Waals surface area (Å²) in [6.07, 6.45) is 1.54. The lowest BCUT2D eigenvalue weighted by atomic mass is 10.1. The number of aromatic nitrogens is 2. The molecule has 0 bridgehead atoms. The van der Waals surface area contributed by atoms with Gasteiger partial charge in [-0.05, 0) is 25.1 Å². The molecule has 0 radical (unpaired) electrons. The van der Waals surface area contributed by atoms with Crippen molar-refractivity contribution in [2.75, 3.05) is 38.1 Å². The number of hydrogen-bond acceptors (Lipinski definition) is 6. The fourth-order valence-electron chi connectivity index (χ4n) is 3.80. The second-order valence-corrected chi connectivity index (χ2v) is 7.38. The van der Waals surface area contributed by atoms with E-state index in [0.29, 0.717) is 23.6 Å². The lowest BCUT2D eigenvalue weighted by Crippen LogP contribution is -2.45. The average molecular weight is 367 g/mol. The van der Waals surface area contributed by atoms with Crippen LogP contribution in [0.15, 0.2) is 30.5 Å². The highest BCUT2D eigenvalue weighted by Crippen LogP contribution is 2.31. The van der Waals surface area contributed by atoms with Gasteiger partial charge in [0.2, 0.25) is 5.95 Å². The summed E-state index contributed by atoms with van der Waals surface area (Å²) in [7, 11) is 2.10. The van der Waals surface area contributed by atoms with Gasteiger partial charge < -0.3 is 20.2 Å². The molecule has 1 saturated heterocycles. The summed E-state index contributed by atoms with van der Waals surface area (Å²) in [5.74, 6) is 0.418. The molecule has 7 nitrogen and oxygen atoms in total. The van der Waals surface area contributed by atoms with Gasteiger partial charge in [0.05, 0.1) is 23.4 Å². The molecule has 2 aromatic rings. The van der Waals surface area contributed by atoms with Crippen molar-refractivity contribution in [3.05, 3.63) is 52.8 Å². The molecule has 2 aliphatic rings. The Hall–Kier alpha value is -2.51. The Morgan fingerprint density at radius 3 is 2.70 bits per heavy atom.